The Kier molecular flexibility index (Phi) is 5.29. The van der Waals surface area contributed by atoms with Crippen molar-refractivity contribution < 1.29 is 4.79 Å². The van der Waals surface area contributed by atoms with Gasteiger partial charge in [0.2, 0.25) is 0 Å². The summed E-state index contributed by atoms with van der Waals surface area (Å²) in [6.07, 6.45) is 0.813. The summed E-state index contributed by atoms with van der Waals surface area (Å²) in [5.74, 6) is -0.0900. The van der Waals surface area contributed by atoms with E-state index in [0.29, 0.717) is 12.1 Å². The standard InChI is InChI=1S/C16H17N3OS/c17-16(21)19-14-8-6-13(7-9-14)15(20)18-11-10-12-4-2-1-3-5-12/h1-9H,10-11H2,(H,18,20)(H3,17,19,21). The zero-order chi connectivity index (χ0) is 15.1. The molecule has 0 atom stereocenters. The number of anilines is 1. The Labute approximate surface area is 129 Å². The quantitative estimate of drug-likeness (QED) is 0.741. The van der Waals surface area contributed by atoms with E-state index < -0.39 is 0 Å². The molecule has 0 heterocycles. The van der Waals surface area contributed by atoms with Crippen LogP contribution in [-0.4, -0.2) is 17.6 Å². The van der Waals surface area contributed by atoms with Crippen molar-refractivity contribution in [3.63, 3.8) is 0 Å². The lowest BCUT2D eigenvalue weighted by Gasteiger charge is -2.07. The molecule has 0 aliphatic heterocycles. The van der Waals surface area contributed by atoms with Crippen molar-refractivity contribution in [2.75, 3.05) is 11.9 Å². The van der Waals surface area contributed by atoms with E-state index in [1.807, 2.05) is 30.3 Å². The summed E-state index contributed by atoms with van der Waals surface area (Å²) in [4.78, 5) is 12.0. The zero-order valence-electron chi connectivity index (χ0n) is 11.5. The smallest absolute Gasteiger partial charge is 0.251 e. The van der Waals surface area contributed by atoms with E-state index in [2.05, 4.69) is 10.6 Å². The Balaban J connectivity index is 1.84. The monoisotopic (exact) mass is 299 g/mol. The first kappa shape index (κ1) is 15.0. The maximum absolute atomic E-state index is 12.0. The molecule has 2 rings (SSSR count). The molecule has 4 N–H and O–H groups in total. The molecule has 0 bridgehead atoms. The van der Waals surface area contributed by atoms with E-state index in [1.165, 1.54) is 5.56 Å². The Hall–Kier alpha value is -2.40. The molecule has 0 radical (unpaired) electrons. The van der Waals surface area contributed by atoms with E-state index in [-0.39, 0.29) is 11.0 Å². The van der Waals surface area contributed by atoms with E-state index in [1.54, 1.807) is 24.3 Å². The van der Waals surface area contributed by atoms with Crippen molar-refractivity contribution in [2.24, 2.45) is 5.73 Å². The van der Waals surface area contributed by atoms with Gasteiger partial charge in [0, 0.05) is 17.8 Å². The van der Waals surface area contributed by atoms with E-state index in [9.17, 15) is 4.79 Å². The first-order valence-electron chi connectivity index (χ1n) is 6.64. The molecule has 4 nitrogen and oxygen atoms in total. The van der Waals surface area contributed by atoms with Crippen LogP contribution < -0.4 is 16.4 Å². The van der Waals surface area contributed by atoms with E-state index in [4.69, 9.17) is 18.0 Å². The summed E-state index contributed by atoms with van der Waals surface area (Å²) in [6.45, 7) is 0.607. The molecule has 0 spiro atoms. The lowest BCUT2D eigenvalue weighted by Crippen LogP contribution is -2.25. The van der Waals surface area contributed by atoms with Gasteiger partial charge in [-0.1, -0.05) is 30.3 Å². The Morgan fingerprint density at radius 3 is 2.33 bits per heavy atom. The summed E-state index contributed by atoms with van der Waals surface area (Å²) in [5.41, 5.74) is 7.96. The molecule has 2 aromatic carbocycles. The van der Waals surface area contributed by atoms with E-state index in [0.717, 1.165) is 12.1 Å². The number of benzene rings is 2. The second-order valence-electron chi connectivity index (χ2n) is 4.56. The second kappa shape index (κ2) is 7.40. The van der Waals surface area contributed by atoms with Crippen molar-refractivity contribution in [1.82, 2.24) is 5.32 Å². The van der Waals surface area contributed by atoms with Gasteiger partial charge in [0.25, 0.3) is 5.91 Å². The van der Waals surface area contributed by atoms with Crippen LogP contribution in [0.25, 0.3) is 0 Å². The summed E-state index contributed by atoms with van der Waals surface area (Å²) >= 11 is 4.75. The van der Waals surface area contributed by atoms with Gasteiger partial charge >= 0.3 is 0 Å². The van der Waals surface area contributed by atoms with Crippen LogP contribution in [-0.2, 0) is 6.42 Å². The van der Waals surface area contributed by atoms with Crippen LogP contribution in [0.1, 0.15) is 15.9 Å². The predicted octanol–water partition coefficient (Wildman–Crippen LogP) is 2.31. The molecule has 0 fully saturated rings. The molecular formula is C16H17N3OS. The van der Waals surface area contributed by atoms with Gasteiger partial charge < -0.3 is 16.4 Å². The lowest BCUT2D eigenvalue weighted by molar-refractivity contribution is 0.0954. The highest BCUT2D eigenvalue weighted by molar-refractivity contribution is 7.80. The zero-order valence-corrected chi connectivity index (χ0v) is 12.3. The first-order valence-corrected chi connectivity index (χ1v) is 7.04. The molecule has 0 saturated carbocycles. The third-order valence-corrected chi connectivity index (χ3v) is 3.06. The van der Waals surface area contributed by atoms with Gasteiger partial charge in [-0.15, -0.1) is 0 Å². The minimum absolute atomic E-state index is 0.0900. The van der Waals surface area contributed by atoms with Crippen LogP contribution >= 0.6 is 12.2 Å². The Morgan fingerprint density at radius 2 is 1.71 bits per heavy atom. The summed E-state index contributed by atoms with van der Waals surface area (Å²) < 4.78 is 0. The highest BCUT2D eigenvalue weighted by Gasteiger charge is 2.04. The molecule has 21 heavy (non-hydrogen) atoms. The van der Waals surface area contributed by atoms with Gasteiger partial charge in [-0.25, -0.2) is 0 Å². The van der Waals surface area contributed by atoms with Gasteiger partial charge in [-0.2, -0.15) is 0 Å². The van der Waals surface area contributed by atoms with Crippen LogP contribution in [0.4, 0.5) is 5.69 Å². The Bertz CT molecular complexity index is 611. The topological polar surface area (TPSA) is 67.1 Å². The van der Waals surface area contributed by atoms with Gasteiger partial charge in [0.05, 0.1) is 0 Å². The van der Waals surface area contributed by atoms with Crippen LogP contribution in [0.2, 0.25) is 0 Å². The van der Waals surface area contributed by atoms with Crippen molar-refractivity contribution in [3.05, 3.63) is 65.7 Å². The van der Waals surface area contributed by atoms with Gasteiger partial charge in [-0.05, 0) is 48.5 Å². The molecule has 0 aliphatic rings. The molecule has 0 unspecified atom stereocenters. The number of nitrogens with one attached hydrogen (secondary N) is 2. The highest BCUT2D eigenvalue weighted by Crippen LogP contribution is 2.09. The van der Waals surface area contributed by atoms with Gasteiger partial charge in [-0.3, -0.25) is 4.79 Å². The van der Waals surface area contributed by atoms with Crippen molar-refractivity contribution >= 4 is 28.9 Å². The fourth-order valence-electron chi connectivity index (χ4n) is 1.91. The van der Waals surface area contributed by atoms with Crippen LogP contribution in [0, 0.1) is 0 Å². The Morgan fingerprint density at radius 1 is 1.05 bits per heavy atom. The minimum atomic E-state index is -0.0900. The summed E-state index contributed by atoms with van der Waals surface area (Å²) in [6, 6.07) is 17.1. The SMILES string of the molecule is NC(=S)Nc1ccc(C(=O)NCCc2ccccc2)cc1. The largest absolute Gasteiger partial charge is 0.376 e. The van der Waals surface area contributed by atoms with Crippen molar-refractivity contribution in [3.8, 4) is 0 Å². The number of rotatable bonds is 5. The number of hydrogen-bond acceptors (Lipinski definition) is 2. The van der Waals surface area contributed by atoms with Gasteiger partial charge in [0.1, 0.15) is 0 Å². The van der Waals surface area contributed by atoms with Crippen molar-refractivity contribution in [1.29, 1.82) is 0 Å². The molecule has 0 aliphatic carbocycles. The number of hydrogen-bond donors (Lipinski definition) is 3. The van der Waals surface area contributed by atoms with Crippen LogP contribution in [0.5, 0.6) is 0 Å². The summed E-state index contributed by atoms with van der Waals surface area (Å²) in [7, 11) is 0. The molecule has 2 aromatic rings. The second-order valence-corrected chi connectivity index (χ2v) is 5.00. The fourth-order valence-corrected chi connectivity index (χ4v) is 2.03. The summed E-state index contributed by atoms with van der Waals surface area (Å²) in [5, 5.41) is 5.91. The molecule has 1 amide bonds. The average Bonchev–Trinajstić information content (AvgIpc) is 2.48. The average molecular weight is 299 g/mol. The molecular weight excluding hydrogens is 282 g/mol. The normalized spacial score (nSPS) is 9.90. The fraction of sp³-hybridized carbons (Fsp3) is 0.125. The lowest BCUT2D eigenvalue weighted by atomic mass is 10.1. The predicted molar refractivity (Wildman–Crippen MR) is 89.3 cm³/mol. The maximum Gasteiger partial charge on any atom is 0.251 e. The molecule has 0 saturated heterocycles. The molecule has 0 aromatic heterocycles. The number of nitrogens with two attached hydrogens (primary N) is 1. The van der Waals surface area contributed by atoms with Gasteiger partial charge in [0.15, 0.2) is 5.11 Å². The number of thiocarbonyl (C=S) groups is 1. The maximum atomic E-state index is 12.0. The molecule has 5 heteroatoms. The van der Waals surface area contributed by atoms with Crippen molar-refractivity contribution in [2.45, 2.75) is 6.42 Å². The third kappa shape index (κ3) is 4.89. The van der Waals surface area contributed by atoms with Crippen LogP contribution in [0.3, 0.4) is 0 Å². The third-order valence-electron chi connectivity index (χ3n) is 2.96. The minimum Gasteiger partial charge on any atom is -0.376 e. The molecule has 108 valence electrons. The number of carbonyl (C=O) groups excluding carboxylic acids is 1. The number of amides is 1. The number of carbonyl (C=O) groups is 1. The highest BCUT2D eigenvalue weighted by atomic mass is 32.1. The van der Waals surface area contributed by atoms with Crippen LogP contribution in [0.15, 0.2) is 54.6 Å². The first-order chi connectivity index (χ1) is 10.1. The van der Waals surface area contributed by atoms with E-state index >= 15 is 0 Å².